The summed E-state index contributed by atoms with van der Waals surface area (Å²) in [6.45, 7) is 7.16. The van der Waals surface area contributed by atoms with Gasteiger partial charge >= 0.3 is 0 Å². The van der Waals surface area contributed by atoms with Gasteiger partial charge in [-0.2, -0.15) is 0 Å². The summed E-state index contributed by atoms with van der Waals surface area (Å²) in [5.74, 6) is 0. The zero-order chi connectivity index (χ0) is 14.1. The number of aliphatic hydroxyl groups excluding tert-OH is 1. The minimum Gasteiger partial charge on any atom is -0.411 e. The third-order valence-corrected chi connectivity index (χ3v) is 3.02. The van der Waals surface area contributed by atoms with Crippen LogP contribution < -0.4 is 0 Å². The van der Waals surface area contributed by atoms with Crippen LogP contribution in [0.15, 0.2) is 29.4 Å². The van der Waals surface area contributed by atoms with Crippen molar-refractivity contribution in [3.05, 3.63) is 35.4 Å². The van der Waals surface area contributed by atoms with Crippen LogP contribution in [0.1, 0.15) is 37.8 Å². The Hall–Kier alpha value is -1.39. The minimum atomic E-state index is -0.256. The Morgan fingerprint density at radius 1 is 1.21 bits per heavy atom. The van der Waals surface area contributed by atoms with Gasteiger partial charge in [-0.1, -0.05) is 37.2 Å². The molecule has 0 radical (unpaired) electrons. The summed E-state index contributed by atoms with van der Waals surface area (Å²) in [6, 6.07) is 7.82. The number of aliphatic hydroxyl groups is 1. The van der Waals surface area contributed by atoms with Crippen molar-refractivity contribution in [2.45, 2.75) is 33.2 Å². The van der Waals surface area contributed by atoms with E-state index in [0.717, 1.165) is 38.0 Å². The monoisotopic (exact) mass is 264 g/mol. The Bertz CT molecular complexity index is 399. The van der Waals surface area contributed by atoms with Crippen molar-refractivity contribution >= 4 is 5.71 Å². The van der Waals surface area contributed by atoms with E-state index in [-0.39, 0.29) is 6.61 Å². The second-order valence-electron chi connectivity index (χ2n) is 4.68. The molecule has 1 aromatic carbocycles. The van der Waals surface area contributed by atoms with Crippen LogP contribution in [0.25, 0.3) is 0 Å². The highest BCUT2D eigenvalue weighted by molar-refractivity contribution is 6.01. The lowest BCUT2D eigenvalue weighted by atomic mass is 10.1. The number of benzene rings is 1. The summed E-state index contributed by atoms with van der Waals surface area (Å²) in [5, 5.41) is 21.1. The summed E-state index contributed by atoms with van der Waals surface area (Å²) in [7, 11) is 0. The average molecular weight is 264 g/mol. The van der Waals surface area contributed by atoms with Gasteiger partial charge in [-0.15, -0.1) is 0 Å². The molecule has 0 saturated carbocycles. The molecular weight excluding hydrogens is 240 g/mol. The van der Waals surface area contributed by atoms with Gasteiger partial charge < -0.3 is 10.3 Å². The third kappa shape index (κ3) is 5.01. The van der Waals surface area contributed by atoms with Gasteiger partial charge in [0.15, 0.2) is 0 Å². The van der Waals surface area contributed by atoms with Crippen molar-refractivity contribution in [3.8, 4) is 0 Å². The van der Waals surface area contributed by atoms with Gasteiger partial charge in [0.1, 0.15) is 5.71 Å². The first kappa shape index (κ1) is 15.7. The number of hydrogen-bond donors (Lipinski definition) is 2. The topological polar surface area (TPSA) is 56.1 Å². The molecule has 1 rings (SSSR count). The van der Waals surface area contributed by atoms with Gasteiger partial charge in [-0.25, -0.2) is 0 Å². The van der Waals surface area contributed by atoms with Crippen LogP contribution >= 0.6 is 0 Å². The number of oxime groups is 1. The molecule has 0 unspecified atom stereocenters. The fraction of sp³-hybridized carbons (Fsp3) is 0.533. The van der Waals surface area contributed by atoms with Crippen molar-refractivity contribution in [1.82, 2.24) is 4.90 Å². The average Bonchev–Trinajstić information content (AvgIpc) is 2.41. The summed E-state index contributed by atoms with van der Waals surface area (Å²) >= 11 is 0. The van der Waals surface area contributed by atoms with Gasteiger partial charge in [0.05, 0.1) is 6.61 Å². The lowest BCUT2D eigenvalue weighted by Gasteiger charge is -2.21. The van der Waals surface area contributed by atoms with Crippen molar-refractivity contribution in [3.63, 3.8) is 0 Å². The van der Waals surface area contributed by atoms with Crippen molar-refractivity contribution < 1.29 is 10.3 Å². The van der Waals surface area contributed by atoms with Crippen LogP contribution in [0, 0.1) is 0 Å². The summed E-state index contributed by atoms with van der Waals surface area (Å²) in [4.78, 5) is 2.41. The maximum absolute atomic E-state index is 9.12. The van der Waals surface area contributed by atoms with Crippen molar-refractivity contribution in [2.75, 3.05) is 19.7 Å². The number of hydrogen-bond acceptors (Lipinski definition) is 4. The van der Waals surface area contributed by atoms with Crippen LogP contribution in [0.3, 0.4) is 0 Å². The lowest BCUT2D eigenvalue weighted by molar-refractivity contribution is 0.266. The zero-order valence-corrected chi connectivity index (χ0v) is 11.8. The Morgan fingerprint density at radius 3 is 2.42 bits per heavy atom. The SMILES string of the molecule is CCCN(CCC)Cc1cccc(C(CO)=NO)c1. The molecule has 0 amide bonds. The highest BCUT2D eigenvalue weighted by Crippen LogP contribution is 2.10. The molecule has 0 atom stereocenters. The smallest absolute Gasteiger partial charge is 0.112 e. The van der Waals surface area contributed by atoms with Gasteiger partial charge in [0.25, 0.3) is 0 Å². The molecule has 0 aromatic heterocycles. The van der Waals surface area contributed by atoms with Crippen LogP contribution in [-0.4, -0.2) is 40.6 Å². The Labute approximate surface area is 115 Å². The molecule has 0 aliphatic heterocycles. The predicted octanol–water partition coefficient (Wildman–Crippen LogP) is 2.48. The molecule has 2 N–H and O–H groups in total. The minimum absolute atomic E-state index is 0.256. The maximum Gasteiger partial charge on any atom is 0.112 e. The fourth-order valence-corrected chi connectivity index (χ4v) is 2.19. The van der Waals surface area contributed by atoms with Gasteiger partial charge in [0.2, 0.25) is 0 Å². The quantitative estimate of drug-likeness (QED) is 0.431. The molecule has 1 aromatic rings. The van der Waals surface area contributed by atoms with Gasteiger partial charge in [-0.3, -0.25) is 4.90 Å². The van der Waals surface area contributed by atoms with E-state index < -0.39 is 0 Å². The second-order valence-corrected chi connectivity index (χ2v) is 4.68. The highest BCUT2D eigenvalue weighted by atomic mass is 16.4. The molecule has 0 aliphatic carbocycles. The van der Waals surface area contributed by atoms with Crippen LogP contribution in [0.5, 0.6) is 0 Å². The molecule has 19 heavy (non-hydrogen) atoms. The van der Waals surface area contributed by atoms with Gasteiger partial charge in [-0.05, 0) is 37.6 Å². The van der Waals surface area contributed by atoms with E-state index in [1.165, 1.54) is 5.56 Å². The van der Waals surface area contributed by atoms with Crippen molar-refractivity contribution in [1.29, 1.82) is 0 Å². The van der Waals surface area contributed by atoms with Crippen molar-refractivity contribution in [2.24, 2.45) is 5.16 Å². The van der Waals surface area contributed by atoms with E-state index in [9.17, 15) is 0 Å². The van der Waals surface area contributed by atoms with E-state index in [1.54, 1.807) is 0 Å². The zero-order valence-electron chi connectivity index (χ0n) is 11.8. The molecule has 4 nitrogen and oxygen atoms in total. The second kappa shape index (κ2) is 8.67. The molecule has 4 heteroatoms. The first-order valence-electron chi connectivity index (χ1n) is 6.88. The summed E-state index contributed by atoms with van der Waals surface area (Å²) in [6.07, 6.45) is 2.28. The first-order chi connectivity index (χ1) is 9.24. The Balaban J connectivity index is 2.80. The fourth-order valence-electron chi connectivity index (χ4n) is 2.19. The first-order valence-corrected chi connectivity index (χ1v) is 6.88. The number of nitrogens with zero attached hydrogens (tertiary/aromatic N) is 2. The van der Waals surface area contributed by atoms with Crippen LogP contribution in [0.2, 0.25) is 0 Å². The van der Waals surface area contributed by atoms with E-state index in [2.05, 4.69) is 30.0 Å². The normalized spacial score (nSPS) is 12.1. The molecule has 0 spiro atoms. The number of rotatable bonds is 8. The largest absolute Gasteiger partial charge is 0.411 e. The summed E-state index contributed by atoms with van der Waals surface area (Å²) < 4.78 is 0. The summed E-state index contributed by atoms with van der Waals surface area (Å²) in [5.41, 5.74) is 2.25. The molecule has 0 aliphatic rings. The Kier molecular flexibility index (Phi) is 7.15. The van der Waals surface area contributed by atoms with E-state index in [4.69, 9.17) is 10.3 Å². The van der Waals surface area contributed by atoms with E-state index in [1.807, 2.05) is 18.2 Å². The van der Waals surface area contributed by atoms with Crippen LogP contribution in [-0.2, 0) is 6.54 Å². The van der Waals surface area contributed by atoms with Crippen LogP contribution in [0.4, 0.5) is 0 Å². The Morgan fingerprint density at radius 2 is 1.89 bits per heavy atom. The predicted molar refractivity (Wildman–Crippen MR) is 77.7 cm³/mol. The van der Waals surface area contributed by atoms with E-state index in [0.29, 0.717) is 5.71 Å². The molecule has 0 heterocycles. The highest BCUT2D eigenvalue weighted by Gasteiger charge is 2.07. The molecule has 0 fully saturated rings. The van der Waals surface area contributed by atoms with E-state index >= 15 is 0 Å². The molecule has 0 bridgehead atoms. The lowest BCUT2D eigenvalue weighted by Crippen LogP contribution is -2.25. The molecule has 0 saturated heterocycles. The van der Waals surface area contributed by atoms with Gasteiger partial charge in [0, 0.05) is 12.1 Å². The molecular formula is C15H24N2O2. The standard InChI is InChI=1S/C15H24N2O2/c1-3-8-17(9-4-2)11-13-6-5-7-14(10-13)15(12-18)16-19/h5-7,10,18-19H,3-4,8-9,11-12H2,1-2H3. The third-order valence-electron chi connectivity index (χ3n) is 3.02. The maximum atomic E-state index is 9.12. The molecule has 106 valence electrons.